The molecule has 7 N–H and O–H groups in total. The molecule has 1 rings (SSSR count). The normalized spacial score (nSPS) is 19.5. The SMILES string of the molecule is CCCC/C=C/CC/C=C/CC/C=C/C(O)C(COC1OC(CO)C(O)C(O)C1O)NC(=O)C(O)CCCCCCCCCCCCCCCCCCCCCCCCCCCCCCCCCCCCCCCC. The number of aliphatic hydroxyl groups excluding tert-OH is 6. The third kappa shape index (κ3) is 42.9. The summed E-state index contributed by atoms with van der Waals surface area (Å²) in [6, 6.07) is -1.00. The van der Waals surface area contributed by atoms with Crippen molar-refractivity contribution in [2.75, 3.05) is 13.2 Å². The molecule has 0 aromatic carbocycles. The number of rotatable bonds is 56. The van der Waals surface area contributed by atoms with Gasteiger partial charge in [-0.05, 0) is 38.5 Å². The molecule has 10 nitrogen and oxygen atoms in total. The molecule has 1 aliphatic heterocycles. The minimum atomic E-state index is -1.62. The number of carbonyl (C=O) groups excluding carboxylic acids is 1. The summed E-state index contributed by atoms with van der Waals surface area (Å²) in [6.07, 6.45) is 61.7. The van der Waals surface area contributed by atoms with Crippen LogP contribution in [0.5, 0.6) is 0 Å². The van der Waals surface area contributed by atoms with Crippen LogP contribution in [0.25, 0.3) is 0 Å². The predicted octanol–water partition coefficient (Wildman–Crippen LogP) is 15.7. The first-order valence-electron chi connectivity index (χ1n) is 32.3. The van der Waals surface area contributed by atoms with Crippen molar-refractivity contribution in [1.29, 1.82) is 0 Å². The number of allylic oxidation sites excluding steroid dienone is 5. The van der Waals surface area contributed by atoms with Gasteiger partial charge in [-0.1, -0.05) is 307 Å². The van der Waals surface area contributed by atoms with E-state index in [-0.39, 0.29) is 6.61 Å². The van der Waals surface area contributed by atoms with Gasteiger partial charge in [-0.3, -0.25) is 4.79 Å². The van der Waals surface area contributed by atoms with Crippen molar-refractivity contribution in [3.05, 3.63) is 36.5 Å². The molecule has 0 aromatic rings. The Labute approximate surface area is 462 Å². The van der Waals surface area contributed by atoms with E-state index in [0.29, 0.717) is 19.3 Å². The Morgan fingerprint density at radius 1 is 0.453 bits per heavy atom. The first-order chi connectivity index (χ1) is 36.8. The highest BCUT2D eigenvalue weighted by molar-refractivity contribution is 5.80. The Hall–Kier alpha value is -1.63. The van der Waals surface area contributed by atoms with Crippen molar-refractivity contribution in [2.45, 2.75) is 358 Å². The molecule has 10 heteroatoms. The van der Waals surface area contributed by atoms with Crippen molar-refractivity contribution in [3.63, 3.8) is 0 Å². The fourth-order valence-corrected chi connectivity index (χ4v) is 10.4. The van der Waals surface area contributed by atoms with E-state index in [2.05, 4.69) is 43.5 Å². The molecule has 0 saturated carbocycles. The summed E-state index contributed by atoms with van der Waals surface area (Å²) in [7, 11) is 0. The van der Waals surface area contributed by atoms with E-state index in [0.717, 1.165) is 44.9 Å². The third-order valence-corrected chi connectivity index (χ3v) is 15.6. The molecule has 0 bridgehead atoms. The zero-order valence-electron chi connectivity index (χ0n) is 48.9. The summed E-state index contributed by atoms with van der Waals surface area (Å²) < 4.78 is 11.2. The second-order valence-corrected chi connectivity index (χ2v) is 22.7. The van der Waals surface area contributed by atoms with Gasteiger partial charge in [-0.2, -0.15) is 0 Å². The van der Waals surface area contributed by atoms with Crippen LogP contribution in [0.4, 0.5) is 0 Å². The fourth-order valence-electron chi connectivity index (χ4n) is 10.4. The van der Waals surface area contributed by atoms with Gasteiger partial charge in [0.2, 0.25) is 5.91 Å². The molecule has 0 spiro atoms. The van der Waals surface area contributed by atoms with Gasteiger partial charge in [0.25, 0.3) is 0 Å². The van der Waals surface area contributed by atoms with Gasteiger partial charge in [-0.15, -0.1) is 0 Å². The summed E-state index contributed by atoms with van der Waals surface area (Å²) in [5.74, 6) is -0.627. The Balaban J connectivity index is 2.05. The molecule has 1 fully saturated rings. The predicted molar refractivity (Wildman–Crippen MR) is 315 cm³/mol. The second-order valence-electron chi connectivity index (χ2n) is 22.7. The van der Waals surface area contributed by atoms with Crippen LogP contribution in [0.2, 0.25) is 0 Å². The van der Waals surface area contributed by atoms with Crippen LogP contribution in [-0.2, 0) is 14.3 Å². The maximum absolute atomic E-state index is 13.1. The summed E-state index contributed by atoms with van der Waals surface area (Å²) >= 11 is 0. The van der Waals surface area contributed by atoms with E-state index in [1.165, 1.54) is 231 Å². The van der Waals surface area contributed by atoms with Gasteiger partial charge in [-0.25, -0.2) is 0 Å². The number of aliphatic hydroxyl groups is 6. The first-order valence-corrected chi connectivity index (χ1v) is 32.3. The Morgan fingerprint density at radius 3 is 1.15 bits per heavy atom. The van der Waals surface area contributed by atoms with Crippen LogP contribution in [-0.4, -0.2) is 98.7 Å². The number of unbranched alkanes of at least 4 members (excludes halogenated alkanes) is 41. The van der Waals surface area contributed by atoms with Gasteiger partial charge >= 0.3 is 0 Å². The number of hydrogen-bond acceptors (Lipinski definition) is 9. The smallest absolute Gasteiger partial charge is 0.249 e. The zero-order chi connectivity index (χ0) is 54.5. The molecule has 1 heterocycles. The highest BCUT2D eigenvalue weighted by Crippen LogP contribution is 2.23. The van der Waals surface area contributed by atoms with Crippen molar-refractivity contribution in [2.24, 2.45) is 0 Å². The molecule has 0 aliphatic carbocycles. The molecular weight excluding hydrogens is 939 g/mol. The number of nitrogens with one attached hydrogen (secondary N) is 1. The average Bonchev–Trinajstić information content (AvgIpc) is 3.41. The number of ether oxygens (including phenoxy) is 2. The average molecular weight is 1060 g/mol. The zero-order valence-corrected chi connectivity index (χ0v) is 48.9. The Bertz CT molecular complexity index is 1290. The van der Waals surface area contributed by atoms with E-state index in [4.69, 9.17) is 9.47 Å². The van der Waals surface area contributed by atoms with E-state index >= 15 is 0 Å². The van der Waals surface area contributed by atoms with Crippen molar-refractivity contribution < 1.29 is 44.9 Å². The minimum absolute atomic E-state index is 0.304. The highest BCUT2D eigenvalue weighted by Gasteiger charge is 2.44. The van der Waals surface area contributed by atoms with Crippen LogP contribution < -0.4 is 5.32 Å². The summed E-state index contributed by atoms with van der Waals surface area (Å²) in [5.41, 5.74) is 0. The van der Waals surface area contributed by atoms with Crippen molar-refractivity contribution in [1.82, 2.24) is 5.32 Å². The third-order valence-electron chi connectivity index (χ3n) is 15.6. The van der Waals surface area contributed by atoms with Gasteiger partial charge < -0.3 is 45.4 Å². The lowest BCUT2D eigenvalue weighted by atomic mass is 9.99. The molecule has 8 atom stereocenters. The molecular formula is C65H123NO9. The van der Waals surface area contributed by atoms with Gasteiger partial charge in [0.05, 0.1) is 25.4 Å². The summed E-state index contributed by atoms with van der Waals surface area (Å²) in [6.45, 7) is 3.57. The highest BCUT2D eigenvalue weighted by atomic mass is 16.7. The maximum atomic E-state index is 13.1. The lowest BCUT2D eigenvalue weighted by Crippen LogP contribution is -2.60. The number of hydrogen-bond donors (Lipinski definition) is 7. The van der Waals surface area contributed by atoms with Crippen LogP contribution in [0.1, 0.15) is 309 Å². The molecule has 1 amide bonds. The molecule has 1 aliphatic rings. The standard InChI is InChI=1S/C65H123NO9/c1-3-5-7-9-11-13-15-17-18-19-20-21-22-23-24-25-26-27-28-29-30-31-32-33-34-35-36-37-38-39-40-41-42-44-46-48-50-52-54-59(69)64(73)66-57(56-74-65-63(72)62(71)61(70)60(55-67)75-65)58(68)53-51-49-47-45-43-16-14-12-10-8-6-4-2/h10,12,43,45,51,53,57-63,65,67-72H,3-9,11,13-42,44,46-50,52,54-56H2,1-2H3,(H,66,73)/b12-10+,45-43+,53-51+. The van der Waals surface area contributed by atoms with Crippen LogP contribution >= 0.6 is 0 Å². The largest absolute Gasteiger partial charge is 0.394 e. The van der Waals surface area contributed by atoms with Gasteiger partial charge in [0.1, 0.15) is 30.5 Å². The second kappa shape index (κ2) is 54.3. The first kappa shape index (κ1) is 71.4. The number of amides is 1. The van der Waals surface area contributed by atoms with E-state index in [1.54, 1.807) is 6.08 Å². The van der Waals surface area contributed by atoms with Gasteiger partial charge in [0, 0.05) is 0 Å². The lowest BCUT2D eigenvalue weighted by molar-refractivity contribution is -0.302. The molecule has 8 unspecified atom stereocenters. The van der Waals surface area contributed by atoms with E-state index in [9.17, 15) is 35.4 Å². The maximum Gasteiger partial charge on any atom is 0.249 e. The van der Waals surface area contributed by atoms with E-state index < -0.39 is 61.5 Å². The Kier molecular flexibility index (Phi) is 51.7. The summed E-state index contributed by atoms with van der Waals surface area (Å²) in [4.78, 5) is 13.1. The van der Waals surface area contributed by atoms with Crippen LogP contribution in [0.15, 0.2) is 36.5 Å². The summed E-state index contributed by atoms with van der Waals surface area (Å²) in [5, 5.41) is 64.9. The monoisotopic (exact) mass is 1060 g/mol. The number of carbonyl (C=O) groups is 1. The van der Waals surface area contributed by atoms with E-state index in [1.807, 2.05) is 6.08 Å². The topological polar surface area (TPSA) is 169 Å². The molecule has 1 saturated heterocycles. The molecule has 0 radical (unpaired) electrons. The molecule has 75 heavy (non-hydrogen) atoms. The van der Waals surface area contributed by atoms with Crippen molar-refractivity contribution >= 4 is 5.91 Å². The van der Waals surface area contributed by atoms with Crippen molar-refractivity contribution in [3.8, 4) is 0 Å². The Morgan fingerprint density at radius 2 is 0.787 bits per heavy atom. The van der Waals surface area contributed by atoms with Crippen LogP contribution in [0, 0.1) is 0 Å². The molecule has 442 valence electrons. The minimum Gasteiger partial charge on any atom is -0.394 e. The van der Waals surface area contributed by atoms with Gasteiger partial charge in [0.15, 0.2) is 6.29 Å². The van der Waals surface area contributed by atoms with Crippen LogP contribution in [0.3, 0.4) is 0 Å². The quantitative estimate of drug-likeness (QED) is 0.0232. The lowest BCUT2D eigenvalue weighted by Gasteiger charge is -2.40. The molecule has 0 aromatic heterocycles. The fraction of sp³-hybridized carbons (Fsp3) is 0.892.